The van der Waals surface area contributed by atoms with Gasteiger partial charge in [0, 0.05) is 23.9 Å². The minimum absolute atomic E-state index is 0.0468. The third-order valence-corrected chi connectivity index (χ3v) is 4.54. The van der Waals surface area contributed by atoms with Crippen molar-refractivity contribution in [2.45, 2.75) is 19.6 Å². The number of nitrogens with one attached hydrogen (secondary N) is 1. The molecule has 25 heavy (non-hydrogen) atoms. The van der Waals surface area contributed by atoms with Crippen LogP contribution >= 0.6 is 0 Å². The summed E-state index contributed by atoms with van der Waals surface area (Å²) in [5, 5.41) is 3.46. The molecule has 0 saturated carbocycles. The lowest BCUT2D eigenvalue weighted by Crippen LogP contribution is -2.32. The molecule has 0 radical (unpaired) electrons. The summed E-state index contributed by atoms with van der Waals surface area (Å²) in [5.41, 5.74) is 3.91. The lowest BCUT2D eigenvalue weighted by atomic mass is 10.1. The van der Waals surface area contributed by atoms with Gasteiger partial charge >= 0.3 is 0 Å². The largest absolute Gasteiger partial charge is 0.346 e. The van der Waals surface area contributed by atoms with E-state index in [0.29, 0.717) is 6.54 Å². The molecule has 0 bridgehead atoms. The summed E-state index contributed by atoms with van der Waals surface area (Å²) in [6.45, 7) is 2.57. The van der Waals surface area contributed by atoms with Crippen molar-refractivity contribution in [3.8, 4) is 0 Å². The smallest absolute Gasteiger partial charge is 0.256 e. The minimum atomic E-state index is -0.225. The molecule has 3 aromatic rings. The number of aryl methyl sites for hydroxylation is 1. The van der Waals surface area contributed by atoms with Gasteiger partial charge in [-0.1, -0.05) is 54.6 Å². The Kier molecular flexibility index (Phi) is 3.94. The van der Waals surface area contributed by atoms with Gasteiger partial charge in [0.2, 0.25) is 0 Å². The fourth-order valence-corrected chi connectivity index (χ4v) is 3.24. The Balaban J connectivity index is 1.71. The van der Waals surface area contributed by atoms with Crippen LogP contribution in [0.5, 0.6) is 0 Å². The molecule has 2 heterocycles. The first-order valence-electron chi connectivity index (χ1n) is 8.36. The fourth-order valence-electron chi connectivity index (χ4n) is 3.24. The summed E-state index contributed by atoms with van der Waals surface area (Å²) in [4.78, 5) is 19.3. The van der Waals surface area contributed by atoms with Crippen LogP contribution in [0.2, 0.25) is 0 Å². The highest BCUT2D eigenvalue weighted by molar-refractivity contribution is 5.99. The number of amides is 1. The summed E-state index contributed by atoms with van der Waals surface area (Å²) in [6.07, 6.45) is 1.54. The Bertz CT molecular complexity index is 908. The normalized spacial score (nSPS) is 16.0. The lowest BCUT2D eigenvalue weighted by molar-refractivity contribution is 0.0728. The van der Waals surface area contributed by atoms with E-state index in [2.05, 4.69) is 10.3 Å². The second kappa shape index (κ2) is 6.40. The quantitative estimate of drug-likeness (QED) is 0.782. The van der Waals surface area contributed by atoms with Crippen molar-refractivity contribution in [1.29, 1.82) is 0 Å². The molecule has 4 heteroatoms. The Morgan fingerprint density at radius 1 is 1.00 bits per heavy atom. The predicted octanol–water partition coefficient (Wildman–Crippen LogP) is 4.16. The molecule has 2 aromatic carbocycles. The molecule has 1 atom stereocenters. The molecule has 124 valence electrons. The number of carbonyl (C=O) groups is 1. The van der Waals surface area contributed by atoms with E-state index in [9.17, 15) is 4.79 Å². The number of aromatic nitrogens is 1. The molecule has 1 unspecified atom stereocenters. The third kappa shape index (κ3) is 2.87. The Morgan fingerprint density at radius 3 is 2.56 bits per heavy atom. The Hall–Kier alpha value is -3.14. The fraction of sp³-hybridized carbons (Fsp3) is 0.143. The van der Waals surface area contributed by atoms with Crippen molar-refractivity contribution in [1.82, 2.24) is 9.88 Å². The van der Waals surface area contributed by atoms with Gasteiger partial charge in [0.05, 0.1) is 0 Å². The molecule has 1 aliphatic rings. The molecular weight excluding hydrogens is 310 g/mol. The Labute approximate surface area is 147 Å². The number of rotatable bonds is 4. The number of hydrogen-bond acceptors (Lipinski definition) is 3. The summed E-state index contributed by atoms with van der Waals surface area (Å²) in [5.74, 6) is 0.848. The van der Waals surface area contributed by atoms with Crippen molar-refractivity contribution in [2.75, 3.05) is 5.32 Å². The highest BCUT2D eigenvalue weighted by Crippen LogP contribution is 2.35. The average molecular weight is 329 g/mol. The molecule has 4 rings (SSSR count). The topological polar surface area (TPSA) is 45.2 Å². The molecule has 1 amide bonds. The van der Waals surface area contributed by atoms with Gasteiger partial charge in [-0.2, -0.15) is 0 Å². The van der Waals surface area contributed by atoms with E-state index in [1.165, 1.54) is 0 Å². The number of fused-ring (bicyclic) bond motifs is 1. The molecular formula is C21H19N3O. The summed E-state index contributed by atoms with van der Waals surface area (Å²) in [7, 11) is 0. The van der Waals surface area contributed by atoms with E-state index in [-0.39, 0.29) is 12.1 Å². The zero-order valence-electron chi connectivity index (χ0n) is 14.0. The van der Waals surface area contributed by atoms with E-state index in [1.54, 1.807) is 6.20 Å². The zero-order valence-corrected chi connectivity index (χ0v) is 14.0. The van der Waals surface area contributed by atoms with Crippen LogP contribution in [0.15, 0.2) is 72.9 Å². The molecule has 0 saturated heterocycles. The van der Waals surface area contributed by atoms with Crippen LogP contribution in [0.1, 0.15) is 33.2 Å². The molecule has 0 fully saturated rings. The number of carbonyl (C=O) groups excluding carboxylic acids is 1. The molecule has 0 aliphatic carbocycles. The van der Waals surface area contributed by atoms with Crippen molar-refractivity contribution in [2.24, 2.45) is 0 Å². The zero-order chi connectivity index (χ0) is 17.2. The van der Waals surface area contributed by atoms with Gasteiger partial charge in [0.25, 0.3) is 5.91 Å². The first-order valence-corrected chi connectivity index (χ1v) is 8.36. The summed E-state index contributed by atoms with van der Waals surface area (Å²) in [6, 6.07) is 21.8. The molecule has 0 spiro atoms. The van der Waals surface area contributed by atoms with Gasteiger partial charge in [-0.3, -0.25) is 4.79 Å². The third-order valence-electron chi connectivity index (χ3n) is 4.54. The first kappa shape index (κ1) is 15.4. The number of benzene rings is 2. The van der Waals surface area contributed by atoms with Gasteiger partial charge in [-0.25, -0.2) is 4.98 Å². The van der Waals surface area contributed by atoms with Crippen LogP contribution in [-0.4, -0.2) is 15.8 Å². The van der Waals surface area contributed by atoms with E-state index >= 15 is 0 Å². The Morgan fingerprint density at radius 2 is 1.76 bits per heavy atom. The van der Waals surface area contributed by atoms with E-state index in [1.807, 2.05) is 78.6 Å². The van der Waals surface area contributed by atoms with Crippen LogP contribution in [-0.2, 0) is 6.54 Å². The van der Waals surface area contributed by atoms with Gasteiger partial charge in [-0.05, 0) is 30.2 Å². The van der Waals surface area contributed by atoms with E-state index in [0.717, 1.165) is 28.1 Å². The highest BCUT2D eigenvalue weighted by Gasteiger charge is 2.36. The van der Waals surface area contributed by atoms with Crippen LogP contribution < -0.4 is 5.32 Å². The summed E-state index contributed by atoms with van der Waals surface area (Å²) >= 11 is 0. The van der Waals surface area contributed by atoms with Crippen molar-refractivity contribution in [3.63, 3.8) is 0 Å². The molecule has 4 nitrogen and oxygen atoms in total. The molecule has 1 aliphatic heterocycles. The second-order valence-electron chi connectivity index (χ2n) is 6.22. The van der Waals surface area contributed by atoms with Crippen LogP contribution in [0, 0.1) is 6.92 Å². The van der Waals surface area contributed by atoms with Crippen molar-refractivity contribution >= 4 is 11.7 Å². The molecule has 1 aromatic heterocycles. The standard InChI is InChI=1S/C21H19N3O/c1-15-8-7-13-22-19(15)23-20-17-11-5-6-12-18(17)21(25)24(20)14-16-9-3-2-4-10-16/h2-13,20H,14H2,1H3,(H,22,23). The monoisotopic (exact) mass is 329 g/mol. The van der Waals surface area contributed by atoms with Crippen LogP contribution in [0.3, 0.4) is 0 Å². The van der Waals surface area contributed by atoms with Gasteiger partial charge in [0.1, 0.15) is 12.0 Å². The molecule has 1 N–H and O–H groups in total. The van der Waals surface area contributed by atoms with Gasteiger partial charge < -0.3 is 10.2 Å². The van der Waals surface area contributed by atoms with Gasteiger partial charge in [0.15, 0.2) is 0 Å². The van der Waals surface area contributed by atoms with Crippen LogP contribution in [0.25, 0.3) is 0 Å². The minimum Gasteiger partial charge on any atom is -0.346 e. The van der Waals surface area contributed by atoms with Crippen molar-refractivity contribution < 1.29 is 4.79 Å². The second-order valence-corrected chi connectivity index (χ2v) is 6.22. The van der Waals surface area contributed by atoms with E-state index < -0.39 is 0 Å². The maximum absolute atomic E-state index is 13.0. The highest BCUT2D eigenvalue weighted by atomic mass is 16.2. The number of nitrogens with zero attached hydrogens (tertiary/aromatic N) is 2. The number of pyridine rings is 1. The number of hydrogen-bond donors (Lipinski definition) is 1. The SMILES string of the molecule is Cc1cccnc1NC1c2ccccc2C(=O)N1Cc1ccccc1. The first-order chi connectivity index (χ1) is 12.2. The maximum Gasteiger partial charge on any atom is 0.256 e. The number of anilines is 1. The van der Waals surface area contributed by atoms with Crippen molar-refractivity contribution in [3.05, 3.63) is 95.2 Å². The predicted molar refractivity (Wildman–Crippen MR) is 98.1 cm³/mol. The maximum atomic E-state index is 13.0. The average Bonchev–Trinajstić information content (AvgIpc) is 2.91. The lowest BCUT2D eigenvalue weighted by Gasteiger charge is -2.27. The van der Waals surface area contributed by atoms with E-state index in [4.69, 9.17) is 0 Å². The summed E-state index contributed by atoms with van der Waals surface area (Å²) < 4.78 is 0. The van der Waals surface area contributed by atoms with Crippen LogP contribution in [0.4, 0.5) is 5.82 Å². The van der Waals surface area contributed by atoms with Gasteiger partial charge in [-0.15, -0.1) is 0 Å².